The van der Waals surface area contributed by atoms with E-state index < -0.39 is 22.1 Å². The number of hydrogen-bond acceptors (Lipinski definition) is 4. The van der Waals surface area contributed by atoms with Crippen molar-refractivity contribution in [1.29, 1.82) is 0 Å². The number of piperidine rings is 3. The van der Waals surface area contributed by atoms with Gasteiger partial charge < -0.3 is 24.7 Å². The number of carbonyl (C=O) groups is 1. The number of hydrogen-bond donors (Lipinski definition) is 2. The van der Waals surface area contributed by atoms with E-state index in [0.717, 1.165) is 27.7 Å². The molecule has 0 unspecified atom stereocenters. The number of ether oxygens (including phenoxy) is 1. The average Bonchev–Trinajstić information content (AvgIpc) is 3.05. The highest BCUT2D eigenvalue weighted by Crippen LogP contribution is 2.63. The number of carbonyl (C=O) groups excluding carboxylic acids is 1. The van der Waals surface area contributed by atoms with Gasteiger partial charge in [0.05, 0.1) is 19.4 Å². The molecule has 0 aliphatic carbocycles. The SMILES string of the molecule is C/C=C1/C[N@@+]2([O-])[C@H]3C[C@@H]1[C@@](CO)(C(=O)OC)[C@@H]2Cc1c3[nH]c2ccccc12. The van der Waals surface area contributed by atoms with Gasteiger partial charge in [0.1, 0.15) is 24.0 Å². The highest BCUT2D eigenvalue weighted by molar-refractivity contribution is 5.86. The van der Waals surface area contributed by atoms with Crippen molar-refractivity contribution in [2.24, 2.45) is 11.3 Å². The van der Waals surface area contributed by atoms with E-state index in [9.17, 15) is 15.1 Å². The second kappa shape index (κ2) is 5.44. The number of nitrogens with zero attached hydrogens (tertiary/aromatic N) is 1. The number of H-pyrrole nitrogens is 1. The molecule has 6 nitrogen and oxygen atoms in total. The van der Waals surface area contributed by atoms with Gasteiger partial charge in [-0.25, -0.2) is 0 Å². The number of benzene rings is 1. The Balaban J connectivity index is 1.78. The largest absolute Gasteiger partial charge is 0.632 e. The summed E-state index contributed by atoms with van der Waals surface area (Å²) in [5, 5.41) is 25.8. The van der Waals surface area contributed by atoms with E-state index in [-0.39, 0.29) is 18.6 Å². The second-order valence-corrected chi connectivity index (χ2v) is 8.15. The molecule has 5 atom stereocenters. The van der Waals surface area contributed by atoms with Crippen molar-refractivity contribution in [3.05, 3.63) is 52.4 Å². The first-order valence-electron chi connectivity index (χ1n) is 9.53. The lowest BCUT2D eigenvalue weighted by atomic mass is 9.54. The minimum Gasteiger partial charge on any atom is -0.632 e. The quantitative estimate of drug-likeness (QED) is 0.369. The normalized spacial score (nSPS) is 38.2. The number of methoxy groups -OCH3 is 1. The molecule has 142 valence electrons. The molecule has 0 saturated carbocycles. The van der Waals surface area contributed by atoms with Gasteiger partial charge in [-0.15, -0.1) is 0 Å². The number of aliphatic hydroxyl groups is 1. The molecule has 3 saturated heterocycles. The lowest BCUT2D eigenvalue weighted by Gasteiger charge is -2.69. The van der Waals surface area contributed by atoms with E-state index in [1.807, 2.05) is 31.2 Å². The first-order chi connectivity index (χ1) is 13.0. The molecule has 27 heavy (non-hydrogen) atoms. The monoisotopic (exact) mass is 368 g/mol. The molecule has 1 aromatic heterocycles. The molecule has 6 heteroatoms. The zero-order chi connectivity index (χ0) is 19.0. The van der Waals surface area contributed by atoms with Crippen LogP contribution >= 0.6 is 0 Å². The van der Waals surface area contributed by atoms with Crippen LogP contribution in [0.2, 0.25) is 0 Å². The molecule has 1 aromatic carbocycles. The molecule has 2 N–H and O–H groups in total. The third-order valence-corrected chi connectivity index (χ3v) is 7.38. The van der Waals surface area contributed by atoms with Crippen molar-refractivity contribution < 1.29 is 19.3 Å². The molecule has 5 heterocycles. The van der Waals surface area contributed by atoms with E-state index in [2.05, 4.69) is 11.1 Å². The topological polar surface area (TPSA) is 85.4 Å². The molecule has 4 bridgehead atoms. The Kier molecular flexibility index (Phi) is 3.42. The fourth-order valence-electron chi connectivity index (χ4n) is 6.18. The minimum atomic E-state index is -1.18. The van der Waals surface area contributed by atoms with Crippen LogP contribution in [0, 0.1) is 16.5 Å². The maximum Gasteiger partial charge on any atom is 0.320 e. The van der Waals surface area contributed by atoms with Crippen molar-refractivity contribution in [3.63, 3.8) is 0 Å². The van der Waals surface area contributed by atoms with Gasteiger partial charge in [0.15, 0.2) is 0 Å². The number of fused-ring (bicyclic) bond motifs is 4. The van der Waals surface area contributed by atoms with E-state index in [1.165, 1.54) is 7.11 Å². The standard InChI is InChI=1S/C21H24N2O4/c1-3-12-10-23(26)17-9-15(12)21(11-24,20(25)27-2)18(23)8-14-13-6-4-5-7-16(13)22-19(14)17/h3-7,15,17-18,22,24H,8-11H2,1-2H3/b12-3-/t15-,17-,18-,21+,23+/m0/s1. The van der Waals surface area contributed by atoms with Gasteiger partial charge >= 0.3 is 5.97 Å². The summed E-state index contributed by atoms with van der Waals surface area (Å²) < 4.78 is 4.66. The minimum absolute atomic E-state index is 0.163. The van der Waals surface area contributed by atoms with Crippen LogP contribution in [-0.4, -0.2) is 47.0 Å². The summed E-state index contributed by atoms with van der Waals surface area (Å²) in [7, 11) is 1.35. The molecule has 0 spiro atoms. The number of quaternary nitrogens is 1. The van der Waals surface area contributed by atoms with Gasteiger partial charge in [0.2, 0.25) is 0 Å². The summed E-state index contributed by atoms with van der Waals surface area (Å²) in [6.07, 6.45) is 2.97. The van der Waals surface area contributed by atoms with Crippen LogP contribution in [-0.2, 0) is 16.0 Å². The number of para-hydroxylation sites is 1. The summed E-state index contributed by atoms with van der Waals surface area (Å²) in [6.45, 7) is 1.93. The van der Waals surface area contributed by atoms with Crippen LogP contribution in [0.25, 0.3) is 10.9 Å². The Morgan fingerprint density at radius 1 is 1.48 bits per heavy atom. The Morgan fingerprint density at radius 2 is 2.26 bits per heavy atom. The van der Waals surface area contributed by atoms with Gasteiger partial charge in [0, 0.05) is 29.7 Å². The summed E-state index contributed by atoms with van der Waals surface area (Å²) in [4.78, 5) is 16.5. The highest BCUT2D eigenvalue weighted by Gasteiger charge is 2.70. The van der Waals surface area contributed by atoms with Gasteiger partial charge in [-0.05, 0) is 24.1 Å². The maximum absolute atomic E-state index is 14.2. The molecule has 0 radical (unpaired) electrons. The Morgan fingerprint density at radius 3 is 2.96 bits per heavy atom. The number of aromatic amines is 1. The van der Waals surface area contributed by atoms with Gasteiger partial charge in [-0.3, -0.25) is 4.79 Å². The Labute approximate surface area is 157 Å². The predicted molar refractivity (Wildman–Crippen MR) is 100 cm³/mol. The summed E-state index contributed by atoms with van der Waals surface area (Å²) in [5.41, 5.74) is 2.95. The molecule has 6 rings (SSSR count). The summed E-state index contributed by atoms with van der Waals surface area (Å²) in [5.74, 6) is -0.623. The number of allylic oxidation sites excluding steroid dienone is 1. The Hall–Kier alpha value is -2.15. The average molecular weight is 368 g/mol. The number of hydroxylamine groups is 3. The van der Waals surface area contributed by atoms with Crippen LogP contribution in [0.5, 0.6) is 0 Å². The molecule has 0 amide bonds. The number of esters is 1. The molecule has 3 fully saturated rings. The fourth-order valence-corrected chi connectivity index (χ4v) is 6.18. The van der Waals surface area contributed by atoms with Crippen LogP contribution in [0.3, 0.4) is 0 Å². The summed E-state index contributed by atoms with van der Waals surface area (Å²) in [6, 6.07) is 7.29. The smallest absolute Gasteiger partial charge is 0.320 e. The van der Waals surface area contributed by atoms with E-state index in [4.69, 9.17) is 4.74 Å². The van der Waals surface area contributed by atoms with E-state index in [1.54, 1.807) is 0 Å². The fraction of sp³-hybridized carbons (Fsp3) is 0.476. The van der Waals surface area contributed by atoms with Crippen molar-refractivity contribution in [3.8, 4) is 0 Å². The van der Waals surface area contributed by atoms with Gasteiger partial charge in [0.25, 0.3) is 0 Å². The van der Waals surface area contributed by atoms with Gasteiger partial charge in [-0.1, -0.05) is 24.3 Å². The zero-order valence-electron chi connectivity index (χ0n) is 15.6. The molecular weight excluding hydrogens is 344 g/mol. The van der Waals surface area contributed by atoms with Crippen molar-refractivity contribution >= 4 is 16.9 Å². The molecule has 4 aliphatic heterocycles. The number of aromatic nitrogens is 1. The number of aliphatic hydroxyl groups excluding tert-OH is 1. The van der Waals surface area contributed by atoms with Crippen molar-refractivity contribution in [2.45, 2.75) is 31.8 Å². The molecular formula is C21H24N2O4. The first-order valence-corrected chi connectivity index (χ1v) is 9.53. The van der Waals surface area contributed by atoms with Crippen molar-refractivity contribution in [1.82, 2.24) is 4.98 Å². The van der Waals surface area contributed by atoms with Crippen LogP contribution in [0.15, 0.2) is 35.9 Å². The number of nitrogens with one attached hydrogen (secondary N) is 1. The maximum atomic E-state index is 14.2. The van der Waals surface area contributed by atoms with E-state index >= 15 is 0 Å². The molecule has 4 aliphatic rings. The van der Waals surface area contributed by atoms with Crippen molar-refractivity contribution in [2.75, 3.05) is 20.3 Å². The first kappa shape index (κ1) is 17.0. The van der Waals surface area contributed by atoms with Gasteiger partial charge in [-0.2, -0.15) is 0 Å². The second-order valence-electron chi connectivity index (χ2n) is 8.15. The van der Waals surface area contributed by atoms with E-state index in [0.29, 0.717) is 19.4 Å². The van der Waals surface area contributed by atoms with Crippen LogP contribution < -0.4 is 0 Å². The Bertz CT molecular complexity index is 980. The lowest BCUT2D eigenvalue weighted by Crippen LogP contribution is -2.76. The van der Waals surface area contributed by atoms with Crippen LogP contribution in [0.4, 0.5) is 0 Å². The third-order valence-electron chi connectivity index (χ3n) is 7.38. The zero-order valence-corrected chi connectivity index (χ0v) is 15.6. The number of rotatable bonds is 2. The molecule has 2 aromatic rings. The highest BCUT2D eigenvalue weighted by atomic mass is 16.6. The lowest BCUT2D eigenvalue weighted by molar-refractivity contribution is -0.955. The summed E-state index contributed by atoms with van der Waals surface area (Å²) >= 11 is 0. The predicted octanol–water partition coefficient (Wildman–Crippen LogP) is 2.58. The van der Waals surface area contributed by atoms with Crippen LogP contribution in [0.1, 0.15) is 30.6 Å². The third kappa shape index (κ3) is 1.83.